The highest BCUT2D eigenvalue weighted by Crippen LogP contribution is 2.12. The summed E-state index contributed by atoms with van der Waals surface area (Å²) in [5.74, 6) is 1.42. The molecule has 0 saturated carbocycles. The fourth-order valence-electron chi connectivity index (χ4n) is 1.70. The van der Waals surface area contributed by atoms with E-state index >= 15 is 0 Å². The van der Waals surface area contributed by atoms with E-state index in [0.29, 0.717) is 19.1 Å². The van der Waals surface area contributed by atoms with Crippen molar-refractivity contribution in [3.63, 3.8) is 0 Å². The predicted molar refractivity (Wildman–Crippen MR) is 72.0 cm³/mol. The summed E-state index contributed by atoms with van der Waals surface area (Å²) in [4.78, 5) is 4.23. The lowest BCUT2D eigenvalue weighted by molar-refractivity contribution is 0.0632. The Morgan fingerprint density at radius 3 is 2.61 bits per heavy atom. The molecule has 0 radical (unpaired) electrons. The van der Waals surface area contributed by atoms with Gasteiger partial charge >= 0.3 is 0 Å². The third kappa shape index (κ3) is 4.38. The van der Waals surface area contributed by atoms with Crippen molar-refractivity contribution in [2.45, 2.75) is 59.2 Å². The van der Waals surface area contributed by atoms with E-state index in [2.05, 4.69) is 37.8 Å². The first kappa shape index (κ1) is 15.1. The van der Waals surface area contributed by atoms with Crippen LogP contribution in [-0.4, -0.2) is 26.9 Å². The normalized spacial score (nSPS) is 12.3. The van der Waals surface area contributed by atoms with E-state index in [1.165, 1.54) is 0 Å². The first-order chi connectivity index (χ1) is 8.50. The molecule has 1 aromatic heterocycles. The molecule has 0 spiro atoms. The molecule has 0 fully saturated rings. The van der Waals surface area contributed by atoms with E-state index in [0.717, 1.165) is 25.2 Å². The van der Waals surface area contributed by atoms with Gasteiger partial charge in [0, 0.05) is 12.1 Å². The molecular weight excluding hydrogens is 228 g/mol. The largest absolute Gasteiger partial charge is 0.372 e. The van der Waals surface area contributed by atoms with Gasteiger partial charge in [0.05, 0.1) is 6.61 Å². The third-order valence-electron chi connectivity index (χ3n) is 3.26. The molecule has 0 aliphatic heterocycles. The number of nitrogens with two attached hydrogens (primary N) is 1. The molecule has 0 atom stereocenters. The molecule has 5 nitrogen and oxygen atoms in total. The van der Waals surface area contributed by atoms with Gasteiger partial charge in [-0.15, -0.1) is 0 Å². The zero-order chi connectivity index (χ0) is 13.6. The van der Waals surface area contributed by atoms with Crippen LogP contribution >= 0.6 is 0 Å². The zero-order valence-electron chi connectivity index (χ0n) is 12.0. The number of rotatable bonds is 8. The smallest absolute Gasteiger partial charge is 0.152 e. The molecule has 2 N–H and O–H groups in total. The molecule has 1 heterocycles. The number of hydrogen-bond donors (Lipinski definition) is 1. The van der Waals surface area contributed by atoms with Crippen molar-refractivity contribution in [1.82, 2.24) is 14.8 Å². The van der Waals surface area contributed by atoms with Crippen LogP contribution in [0.3, 0.4) is 0 Å². The van der Waals surface area contributed by atoms with E-state index in [1.54, 1.807) is 6.33 Å². The molecule has 0 aromatic carbocycles. The van der Waals surface area contributed by atoms with Crippen LogP contribution in [0.5, 0.6) is 0 Å². The molecular formula is C13H26N4O. The number of aromatic nitrogens is 3. The van der Waals surface area contributed by atoms with Crippen LogP contribution in [-0.2, 0) is 17.9 Å². The molecule has 18 heavy (non-hydrogen) atoms. The molecule has 5 heteroatoms. The zero-order valence-corrected chi connectivity index (χ0v) is 12.0. The standard InChI is InChI=1S/C13H26N4O/c1-5-13(14,6-2)9-18-8-12-15-10-16-17(12)7-11(3)4/h10-11H,5-9,14H2,1-4H3. The highest BCUT2D eigenvalue weighted by atomic mass is 16.5. The first-order valence-corrected chi connectivity index (χ1v) is 6.74. The molecule has 0 unspecified atom stereocenters. The minimum Gasteiger partial charge on any atom is -0.372 e. The number of hydrogen-bond acceptors (Lipinski definition) is 4. The Morgan fingerprint density at radius 2 is 2.06 bits per heavy atom. The maximum Gasteiger partial charge on any atom is 0.152 e. The van der Waals surface area contributed by atoms with E-state index < -0.39 is 0 Å². The van der Waals surface area contributed by atoms with Gasteiger partial charge in [-0.05, 0) is 18.8 Å². The second-order valence-corrected chi connectivity index (χ2v) is 5.31. The van der Waals surface area contributed by atoms with Gasteiger partial charge in [0.15, 0.2) is 5.82 Å². The highest BCUT2D eigenvalue weighted by molar-refractivity contribution is 4.84. The molecule has 0 aliphatic rings. The van der Waals surface area contributed by atoms with E-state index in [9.17, 15) is 0 Å². The van der Waals surface area contributed by atoms with Crippen molar-refractivity contribution in [2.75, 3.05) is 6.61 Å². The van der Waals surface area contributed by atoms with Gasteiger partial charge in [-0.2, -0.15) is 5.10 Å². The molecule has 104 valence electrons. The first-order valence-electron chi connectivity index (χ1n) is 6.74. The Bertz CT molecular complexity index is 345. The summed E-state index contributed by atoms with van der Waals surface area (Å²) in [5.41, 5.74) is 5.97. The lowest BCUT2D eigenvalue weighted by atomic mass is 9.96. The van der Waals surface area contributed by atoms with Crippen LogP contribution in [0, 0.1) is 5.92 Å². The van der Waals surface area contributed by atoms with Gasteiger partial charge in [0.1, 0.15) is 12.9 Å². The van der Waals surface area contributed by atoms with E-state index in [-0.39, 0.29) is 5.54 Å². The average Bonchev–Trinajstić information content (AvgIpc) is 2.75. The highest BCUT2D eigenvalue weighted by Gasteiger charge is 2.20. The van der Waals surface area contributed by atoms with E-state index in [4.69, 9.17) is 10.5 Å². The van der Waals surface area contributed by atoms with Crippen molar-refractivity contribution in [1.29, 1.82) is 0 Å². The van der Waals surface area contributed by atoms with Crippen molar-refractivity contribution in [2.24, 2.45) is 11.7 Å². The molecule has 0 amide bonds. The lowest BCUT2D eigenvalue weighted by Gasteiger charge is -2.26. The van der Waals surface area contributed by atoms with E-state index in [1.807, 2.05) is 4.68 Å². The van der Waals surface area contributed by atoms with Crippen LogP contribution in [0.25, 0.3) is 0 Å². The van der Waals surface area contributed by atoms with Crippen LogP contribution in [0.1, 0.15) is 46.4 Å². The Balaban J connectivity index is 2.46. The molecule has 1 aromatic rings. The second kappa shape index (κ2) is 6.85. The molecule has 1 rings (SSSR count). The summed E-state index contributed by atoms with van der Waals surface area (Å²) < 4.78 is 7.60. The minimum atomic E-state index is -0.219. The SMILES string of the molecule is CCC(N)(CC)COCc1ncnn1CC(C)C. The minimum absolute atomic E-state index is 0.219. The third-order valence-corrected chi connectivity index (χ3v) is 3.26. The van der Waals surface area contributed by atoms with Crippen LogP contribution in [0.15, 0.2) is 6.33 Å². The lowest BCUT2D eigenvalue weighted by Crippen LogP contribution is -2.43. The summed E-state index contributed by atoms with van der Waals surface area (Å²) in [7, 11) is 0. The summed E-state index contributed by atoms with van der Waals surface area (Å²) in [6, 6.07) is 0. The van der Waals surface area contributed by atoms with Crippen LogP contribution < -0.4 is 5.73 Å². The van der Waals surface area contributed by atoms with Crippen molar-refractivity contribution in [3.8, 4) is 0 Å². The maximum atomic E-state index is 6.19. The van der Waals surface area contributed by atoms with Gasteiger partial charge in [0.25, 0.3) is 0 Å². The van der Waals surface area contributed by atoms with Crippen molar-refractivity contribution in [3.05, 3.63) is 12.2 Å². The molecule has 0 saturated heterocycles. The summed E-state index contributed by atoms with van der Waals surface area (Å²) in [6.07, 6.45) is 3.42. The van der Waals surface area contributed by atoms with Crippen molar-refractivity contribution < 1.29 is 4.74 Å². The Morgan fingerprint density at radius 1 is 1.39 bits per heavy atom. The second-order valence-electron chi connectivity index (χ2n) is 5.31. The Labute approximate surface area is 110 Å². The van der Waals surface area contributed by atoms with Crippen LogP contribution in [0.2, 0.25) is 0 Å². The predicted octanol–water partition coefficient (Wildman–Crippen LogP) is 1.97. The summed E-state index contributed by atoms with van der Waals surface area (Å²) in [5, 5.41) is 4.21. The topological polar surface area (TPSA) is 66.0 Å². The molecule has 0 bridgehead atoms. The van der Waals surface area contributed by atoms with Crippen molar-refractivity contribution >= 4 is 0 Å². The molecule has 0 aliphatic carbocycles. The Hall–Kier alpha value is -0.940. The fourth-order valence-corrected chi connectivity index (χ4v) is 1.70. The van der Waals surface area contributed by atoms with Gasteiger partial charge in [-0.1, -0.05) is 27.7 Å². The van der Waals surface area contributed by atoms with Crippen LogP contribution in [0.4, 0.5) is 0 Å². The average molecular weight is 254 g/mol. The summed E-state index contributed by atoms with van der Waals surface area (Å²) >= 11 is 0. The fraction of sp³-hybridized carbons (Fsp3) is 0.846. The number of nitrogens with zero attached hydrogens (tertiary/aromatic N) is 3. The van der Waals surface area contributed by atoms with Gasteiger partial charge < -0.3 is 10.5 Å². The number of ether oxygens (including phenoxy) is 1. The summed E-state index contributed by atoms with van der Waals surface area (Å²) in [6.45, 7) is 10.4. The maximum absolute atomic E-state index is 6.19. The van der Waals surface area contributed by atoms with Gasteiger partial charge in [0.2, 0.25) is 0 Å². The monoisotopic (exact) mass is 254 g/mol. The quantitative estimate of drug-likeness (QED) is 0.770. The Kier molecular flexibility index (Phi) is 5.75. The van der Waals surface area contributed by atoms with Gasteiger partial charge in [-0.25, -0.2) is 9.67 Å². The van der Waals surface area contributed by atoms with Gasteiger partial charge in [-0.3, -0.25) is 0 Å².